The number of aromatic hydroxyl groups is 1. The van der Waals surface area contributed by atoms with Gasteiger partial charge in [0.1, 0.15) is 41.8 Å². The van der Waals surface area contributed by atoms with Gasteiger partial charge in [0, 0.05) is 44.9 Å². The lowest BCUT2D eigenvalue weighted by Crippen LogP contribution is -2.65. The number of phenols is 1. The van der Waals surface area contributed by atoms with Crippen molar-refractivity contribution in [3.8, 4) is 5.75 Å². The molecule has 3 aliphatic rings. The fourth-order valence-corrected chi connectivity index (χ4v) is 5.94. The van der Waals surface area contributed by atoms with Crippen molar-refractivity contribution >= 4 is 17.8 Å². The second-order valence-electron chi connectivity index (χ2n) is 11.7. The molecule has 0 unspecified atom stereocenters. The van der Waals surface area contributed by atoms with Gasteiger partial charge in [-0.05, 0) is 24.5 Å². The van der Waals surface area contributed by atoms with Crippen molar-refractivity contribution in [3.05, 3.63) is 65.9 Å². The minimum absolute atomic E-state index is 0.0457. The number of benzene rings is 1. The molecule has 1 aromatic rings. The number of hydrogen-bond acceptors (Lipinski definition) is 11. The van der Waals surface area contributed by atoms with Crippen molar-refractivity contribution in [1.29, 1.82) is 0 Å². The first-order chi connectivity index (χ1) is 22.1. The third-order valence-electron chi connectivity index (χ3n) is 8.07. The Morgan fingerprint density at radius 1 is 1.07 bits per heavy atom. The summed E-state index contributed by atoms with van der Waals surface area (Å²) in [6.07, 6.45) is 4.94. The topological polar surface area (TPSA) is 193 Å². The van der Waals surface area contributed by atoms with Gasteiger partial charge < -0.3 is 50.0 Å². The molecule has 252 valence electrons. The van der Waals surface area contributed by atoms with Gasteiger partial charge in [0.25, 0.3) is 0 Å². The lowest BCUT2D eigenvalue weighted by molar-refractivity contribution is -0.291. The zero-order valence-electron chi connectivity index (χ0n) is 26.0. The van der Waals surface area contributed by atoms with Crippen LogP contribution in [0.1, 0.15) is 61.9 Å². The Labute approximate surface area is 267 Å². The number of esters is 1. The second-order valence-corrected chi connectivity index (χ2v) is 11.7. The van der Waals surface area contributed by atoms with E-state index in [1.165, 1.54) is 25.3 Å². The lowest BCUT2D eigenvalue weighted by atomic mass is 9.91. The molecule has 4 rings (SSSR count). The summed E-state index contributed by atoms with van der Waals surface area (Å²) in [5.41, 5.74) is 0.579. The number of phenolic OH excluding ortho intramolecular Hbond substituents is 1. The van der Waals surface area contributed by atoms with Gasteiger partial charge in [-0.1, -0.05) is 43.4 Å². The Kier molecular flexibility index (Phi) is 12.9. The number of ether oxygens (including phenoxy) is 4. The number of allylic oxidation sites excluding steroid dienone is 3. The molecule has 0 aromatic heterocycles. The van der Waals surface area contributed by atoms with E-state index in [0.717, 1.165) is 6.42 Å². The number of carbonyl (C=O) groups is 3. The fourth-order valence-electron chi connectivity index (χ4n) is 5.94. The minimum atomic E-state index is -1.45. The van der Waals surface area contributed by atoms with Crippen LogP contribution in [0.15, 0.2) is 54.8 Å². The summed E-state index contributed by atoms with van der Waals surface area (Å²) >= 11 is 0. The van der Waals surface area contributed by atoms with E-state index in [2.05, 4.69) is 10.6 Å². The zero-order chi connectivity index (χ0) is 33.2. The molecule has 1 aromatic carbocycles. The molecular formula is C33H44N2O11. The molecule has 0 radical (unpaired) electrons. The highest BCUT2D eigenvalue weighted by Crippen LogP contribution is 2.34. The first-order valence-corrected chi connectivity index (χ1v) is 15.6. The van der Waals surface area contributed by atoms with Gasteiger partial charge in [-0.15, -0.1) is 0 Å². The molecule has 13 heteroatoms. The van der Waals surface area contributed by atoms with Crippen molar-refractivity contribution in [2.24, 2.45) is 0 Å². The third kappa shape index (κ3) is 9.47. The number of aliphatic hydroxyl groups excluding tert-OH is 3. The summed E-state index contributed by atoms with van der Waals surface area (Å²) < 4.78 is 24.4. The maximum Gasteiger partial charge on any atom is 0.342 e. The molecule has 2 bridgehead atoms. The van der Waals surface area contributed by atoms with Gasteiger partial charge >= 0.3 is 5.97 Å². The summed E-state index contributed by atoms with van der Waals surface area (Å²) in [6, 6.07) is 3.66. The number of rotatable bonds is 10. The Bertz CT molecular complexity index is 1300. The van der Waals surface area contributed by atoms with Gasteiger partial charge in [-0.2, -0.15) is 0 Å². The lowest BCUT2D eigenvalue weighted by Gasteiger charge is -2.45. The van der Waals surface area contributed by atoms with E-state index in [-0.39, 0.29) is 36.5 Å². The van der Waals surface area contributed by atoms with Crippen molar-refractivity contribution in [1.82, 2.24) is 10.6 Å². The third-order valence-corrected chi connectivity index (χ3v) is 8.07. The van der Waals surface area contributed by atoms with Crippen LogP contribution in [0, 0.1) is 0 Å². The summed E-state index contributed by atoms with van der Waals surface area (Å²) in [5, 5.41) is 46.7. The number of fused-ring (bicyclic) bond motifs is 3. The molecule has 2 amide bonds. The largest absolute Gasteiger partial charge is 0.507 e. The van der Waals surface area contributed by atoms with E-state index in [9.17, 15) is 34.8 Å². The first-order valence-electron chi connectivity index (χ1n) is 15.6. The minimum Gasteiger partial charge on any atom is -0.507 e. The molecule has 0 spiro atoms. The van der Waals surface area contributed by atoms with Gasteiger partial charge in [0.15, 0.2) is 6.29 Å². The summed E-state index contributed by atoms with van der Waals surface area (Å²) in [6.45, 7) is 2.69. The van der Waals surface area contributed by atoms with Crippen LogP contribution >= 0.6 is 0 Å². The Balaban J connectivity index is 1.53. The maximum absolute atomic E-state index is 13.3. The van der Waals surface area contributed by atoms with Crippen LogP contribution < -0.4 is 10.6 Å². The van der Waals surface area contributed by atoms with Crippen LogP contribution in [0.5, 0.6) is 5.75 Å². The number of amides is 2. The van der Waals surface area contributed by atoms with Crippen LogP contribution in [0.3, 0.4) is 0 Å². The Hall–Kier alpha value is -3.59. The Morgan fingerprint density at radius 2 is 1.85 bits per heavy atom. The van der Waals surface area contributed by atoms with E-state index >= 15 is 0 Å². The molecule has 3 heterocycles. The van der Waals surface area contributed by atoms with E-state index in [0.29, 0.717) is 18.4 Å². The predicted molar refractivity (Wildman–Crippen MR) is 164 cm³/mol. The molecule has 2 saturated heterocycles. The van der Waals surface area contributed by atoms with E-state index < -0.39 is 73.5 Å². The number of aliphatic hydroxyl groups is 3. The highest BCUT2D eigenvalue weighted by atomic mass is 16.7. The zero-order valence-corrected chi connectivity index (χ0v) is 26.0. The number of carbonyl (C=O) groups excluding carboxylic acids is 3. The SMILES string of the molecule is CC/C=C\C=C/C(=O)N/C=[13CH]/C[C@@H]1C[C@H]2C[C@H](O[C@@H]3O[C@H](CO)[C@@H](O)[C@H](O)[C@H]3NC(C)=O)C[C@H](Cc3cccc(O)c3C(=O)O1)O2. The van der Waals surface area contributed by atoms with Gasteiger partial charge in [0.2, 0.25) is 11.8 Å². The maximum atomic E-state index is 13.3. The molecule has 0 saturated carbocycles. The summed E-state index contributed by atoms with van der Waals surface area (Å²) in [4.78, 5) is 37.3. The normalized spacial score (nSPS) is 31.8. The molecule has 9 atom stereocenters. The predicted octanol–water partition coefficient (Wildman–Crippen LogP) is 1.28. The molecule has 2 fully saturated rings. The molecule has 6 N–H and O–H groups in total. The second kappa shape index (κ2) is 16.8. The van der Waals surface area contributed by atoms with Crippen LogP contribution in [0.4, 0.5) is 0 Å². The Morgan fingerprint density at radius 3 is 2.59 bits per heavy atom. The van der Waals surface area contributed by atoms with Gasteiger partial charge in [-0.3, -0.25) is 9.59 Å². The van der Waals surface area contributed by atoms with Crippen molar-refractivity contribution in [3.63, 3.8) is 0 Å². The quantitative estimate of drug-likeness (QED) is 0.0930. The van der Waals surface area contributed by atoms with E-state index in [4.69, 9.17) is 18.9 Å². The van der Waals surface area contributed by atoms with E-state index in [1.54, 1.807) is 30.4 Å². The number of nitrogens with one attached hydrogen (secondary N) is 2. The molecular weight excluding hydrogens is 601 g/mol. The summed E-state index contributed by atoms with van der Waals surface area (Å²) in [5.74, 6) is -1.66. The van der Waals surface area contributed by atoms with Crippen molar-refractivity contribution in [2.45, 2.75) is 107 Å². The van der Waals surface area contributed by atoms with Crippen molar-refractivity contribution < 1.29 is 53.8 Å². The van der Waals surface area contributed by atoms with Crippen LogP contribution in [0.2, 0.25) is 0 Å². The van der Waals surface area contributed by atoms with E-state index in [1.807, 2.05) is 13.0 Å². The molecule has 0 aliphatic carbocycles. The fraction of sp³-hybridized carbons (Fsp3) is 0.545. The van der Waals surface area contributed by atoms with Crippen molar-refractivity contribution in [2.75, 3.05) is 6.61 Å². The van der Waals surface area contributed by atoms with Crippen LogP contribution in [-0.4, -0.2) is 99.9 Å². The molecule has 46 heavy (non-hydrogen) atoms. The average molecular weight is 646 g/mol. The van der Waals surface area contributed by atoms with Gasteiger partial charge in [-0.25, -0.2) is 4.79 Å². The van der Waals surface area contributed by atoms with Crippen LogP contribution in [0.25, 0.3) is 0 Å². The first kappa shape index (κ1) is 35.3. The number of hydrogen-bond donors (Lipinski definition) is 6. The molecule has 3 aliphatic heterocycles. The number of cyclic esters (lactones) is 1. The smallest absolute Gasteiger partial charge is 0.342 e. The molecule has 13 nitrogen and oxygen atoms in total. The monoisotopic (exact) mass is 645 g/mol. The van der Waals surface area contributed by atoms with Crippen LogP contribution in [-0.2, 0) is 35.0 Å². The standard InChI is InChI=1S/C33H44N2O11/c1-3-4-5-6-12-27(39)34-13-8-10-21-15-23-17-24(45-33-29(35-19(2)37)31(41)30(40)26(18-36)46-33)16-22(43-23)14-20-9-7-11-25(38)28(20)32(42)44-21/h4-9,11-13,21-24,26,29-31,33,36,38,40-41H,3,10,14-18H2,1-2H3,(H,34,39)(H,35,37)/b5-4-,12-6-,13-8+/t21-,22+,23+,24-,26-,29-,30-,31-,33-/m1/s1/i8+1. The van der Waals surface area contributed by atoms with Gasteiger partial charge in [0.05, 0.1) is 24.9 Å². The highest BCUT2D eigenvalue weighted by molar-refractivity contribution is 5.94. The average Bonchev–Trinajstić information content (AvgIpc) is 3.00. The summed E-state index contributed by atoms with van der Waals surface area (Å²) in [7, 11) is 0. The highest BCUT2D eigenvalue weighted by Gasteiger charge is 2.47.